The molecule has 2 aromatic carbocycles. The molecule has 0 atom stereocenters. The van der Waals surface area contributed by atoms with Crippen molar-refractivity contribution in [2.75, 3.05) is 31.1 Å². The molecule has 3 aromatic rings. The summed E-state index contributed by atoms with van der Waals surface area (Å²) in [5, 5.41) is 11.0. The van der Waals surface area contributed by atoms with Crippen LogP contribution in [-0.4, -0.2) is 42.0 Å². The molecular formula is C21H17ClN4O. The van der Waals surface area contributed by atoms with Crippen LogP contribution in [0, 0.1) is 11.3 Å². The Labute approximate surface area is 162 Å². The number of aromatic nitrogens is 1. The van der Waals surface area contributed by atoms with Gasteiger partial charge in [-0.1, -0.05) is 35.9 Å². The number of amides is 1. The van der Waals surface area contributed by atoms with Gasteiger partial charge < -0.3 is 9.80 Å². The first-order chi connectivity index (χ1) is 13.2. The normalized spacial score (nSPS) is 14.2. The van der Waals surface area contributed by atoms with E-state index in [1.54, 1.807) is 24.3 Å². The Balaban J connectivity index is 1.53. The number of carbonyl (C=O) groups excluding carboxylic acids is 1. The number of nitriles is 1. The van der Waals surface area contributed by atoms with Gasteiger partial charge in [0.15, 0.2) is 0 Å². The van der Waals surface area contributed by atoms with Crippen molar-refractivity contribution in [1.82, 2.24) is 9.88 Å². The molecule has 4 rings (SSSR count). The molecule has 5 nitrogen and oxygen atoms in total. The van der Waals surface area contributed by atoms with Crippen LogP contribution in [0.25, 0.3) is 10.9 Å². The molecule has 1 saturated heterocycles. The molecule has 0 spiro atoms. The van der Waals surface area contributed by atoms with Gasteiger partial charge in [-0.15, -0.1) is 0 Å². The molecular weight excluding hydrogens is 360 g/mol. The zero-order chi connectivity index (χ0) is 18.8. The Bertz CT molecular complexity index is 1050. The molecule has 0 radical (unpaired) electrons. The van der Waals surface area contributed by atoms with E-state index in [0.29, 0.717) is 48.1 Å². The van der Waals surface area contributed by atoms with Crippen molar-refractivity contribution < 1.29 is 4.79 Å². The number of anilines is 1. The summed E-state index contributed by atoms with van der Waals surface area (Å²) < 4.78 is 0. The van der Waals surface area contributed by atoms with Crippen LogP contribution in [0.1, 0.15) is 15.9 Å². The fourth-order valence-corrected chi connectivity index (χ4v) is 3.54. The Morgan fingerprint density at radius 2 is 1.81 bits per heavy atom. The first-order valence-electron chi connectivity index (χ1n) is 8.75. The molecule has 0 unspecified atom stereocenters. The third kappa shape index (κ3) is 3.44. The monoisotopic (exact) mass is 376 g/mol. The first-order valence-corrected chi connectivity index (χ1v) is 9.13. The van der Waals surface area contributed by atoms with Gasteiger partial charge in [0.2, 0.25) is 0 Å². The Morgan fingerprint density at radius 3 is 2.56 bits per heavy atom. The van der Waals surface area contributed by atoms with Crippen LogP contribution >= 0.6 is 11.6 Å². The number of rotatable bonds is 2. The van der Waals surface area contributed by atoms with Crippen molar-refractivity contribution >= 4 is 34.2 Å². The summed E-state index contributed by atoms with van der Waals surface area (Å²) >= 11 is 5.99. The molecule has 1 amide bonds. The minimum atomic E-state index is -0.0240. The summed E-state index contributed by atoms with van der Waals surface area (Å²) in [5.41, 5.74) is 2.02. The zero-order valence-corrected chi connectivity index (χ0v) is 15.4. The number of pyridine rings is 1. The molecule has 27 heavy (non-hydrogen) atoms. The van der Waals surface area contributed by atoms with Crippen molar-refractivity contribution in [3.8, 4) is 6.07 Å². The molecule has 0 aliphatic carbocycles. The number of fused-ring (bicyclic) bond motifs is 1. The summed E-state index contributed by atoms with van der Waals surface area (Å²) in [6.07, 6.45) is 0. The van der Waals surface area contributed by atoms with E-state index in [1.165, 1.54) is 0 Å². The van der Waals surface area contributed by atoms with E-state index in [0.717, 1.165) is 10.9 Å². The topological polar surface area (TPSA) is 60.2 Å². The Morgan fingerprint density at radius 1 is 1.04 bits per heavy atom. The summed E-state index contributed by atoms with van der Waals surface area (Å²) in [6, 6.07) is 18.9. The maximum Gasteiger partial charge on any atom is 0.254 e. The molecule has 1 aliphatic heterocycles. The standard InChI is InChI=1S/C21H17ClN4O/c22-18-6-3-5-16(13-18)21(27)26-10-8-25(9-11-26)20-17(14-23)12-15-4-1-2-7-19(15)24-20/h1-7,12-13H,8-11H2. The lowest BCUT2D eigenvalue weighted by atomic mass is 10.1. The smallest absolute Gasteiger partial charge is 0.254 e. The lowest BCUT2D eigenvalue weighted by Gasteiger charge is -2.35. The number of carbonyl (C=O) groups is 1. The molecule has 0 bridgehead atoms. The Hall–Kier alpha value is -3.10. The summed E-state index contributed by atoms with van der Waals surface area (Å²) in [6.45, 7) is 2.41. The second-order valence-corrected chi connectivity index (χ2v) is 6.89. The van der Waals surface area contributed by atoms with Crippen molar-refractivity contribution in [2.24, 2.45) is 0 Å². The van der Waals surface area contributed by atoms with Gasteiger partial charge in [-0.2, -0.15) is 5.26 Å². The maximum absolute atomic E-state index is 12.7. The number of benzene rings is 2. The van der Waals surface area contributed by atoms with Crippen molar-refractivity contribution in [3.63, 3.8) is 0 Å². The van der Waals surface area contributed by atoms with E-state index in [1.807, 2.05) is 35.2 Å². The van der Waals surface area contributed by atoms with Gasteiger partial charge in [0.1, 0.15) is 11.9 Å². The van der Waals surface area contributed by atoms with Gasteiger partial charge >= 0.3 is 0 Å². The average Bonchev–Trinajstić information content (AvgIpc) is 2.72. The summed E-state index contributed by atoms with van der Waals surface area (Å²) in [5.74, 6) is 0.662. The zero-order valence-electron chi connectivity index (χ0n) is 14.6. The van der Waals surface area contributed by atoms with E-state index in [9.17, 15) is 10.1 Å². The molecule has 1 fully saturated rings. The van der Waals surface area contributed by atoms with E-state index < -0.39 is 0 Å². The molecule has 1 aliphatic rings. The van der Waals surface area contributed by atoms with Crippen LogP contribution in [0.3, 0.4) is 0 Å². The third-order valence-corrected chi connectivity index (χ3v) is 5.00. The van der Waals surface area contributed by atoms with Crippen LogP contribution in [0.5, 0.6) is 0 Å². The minimum absolute atomic E-state index is 0.0240. The molecule has 1 aromatic heterocycles. The quantitative estimate of drug-likeness (QED) is 0.683. The highest BCUT2D eigenvalue weighted by Crippen LogP contribution is 2.24. The highest BCUT2D eigenvalue weighted by molar-refractivity contribution is 6.30. The minimum Gasteiger partial charge on any atom is -0.352 e. The highest BCUT2D eigenvalue weighted by Gasteiger charge is 2.24. The van der Waals surface area contributed by atoms with Gasteiger partial charge in [0, 0.05) is 42.2 Å². The predicted molar refractivity (Wildman–Crippen MR) is 106 cm³/mol. The second kappa shape index (κ2) is 7.26. The SMILES string of the molecule is N#Cc1cc2ccccc2nc1N1CCN(C(=O)c2cccc(Cl)c2)CC1. The fraction of sp³-hybridized carbons (Fsp3) is 0.190. The number of hydrogen-bond donors (Lipinski definition) is 0. The van der Waals surface area contributed by atoms with E-state index in [2.05, 4.69) is 11.0 Å². The van der Waals surface area contributed by atoms with Gasteiger partial charge in [0.05, 0.1) is 11.1 Å². The number of para-hydroxylation sites is 1. The van der Waals surface area contributed by atoms with Crippen LogP contribution in [0.2, 0.25) is 5.02 Å². The molecule has 0 saturated carbocycles. The maximum atomic E-state index is 12.7. The molecule has 0 N–H and O–H groups in total. The first kappa shape index (κ1) is 17.3. The molecule has 6 heteroatoms. The number of halogens is 1. The predicted octanol–water partition coefficient (Wildman–Crippen LogP) is 3.72. The summed E-state index contributed by atoms with van der Waals surface area (Å²) in [7, 11) is 0. The fourth-order valence-electron chi connectivity index (χ4n) is 3.35. The van der Waals surface area contributed by atoms with Gasteiger partial charge in [-0.3, -0.25) is 4.79 Å². The van der Waals surface area contributed by atoms with Crippen molar-refractivity contribution in [3.05, 3.63) is 70.7 Å². The number of piperazine rings is 1. The van der Waals surface area contributed by atoms with Crippen LogP contribution in [0.4, 0.5) is 5.82 Å². The largest absolute Gasteiger partial charge is 0.352 e. The van der Waals surface area contributed by atoms with Crippen LogP contribution in [-0.2, 0) is 0 Å². The van der Waals surface area contributed by atoms with Gasteiger partial charge in [-0.05, 0) is 30.3 Å². The summed E-state index contributed by atoms with van der Waals surface area (Å²) in [4.78, 5) is 21.3. The number of hydrogen-bond acceptors (Lipinski definition) is 4. The molecule has 2 heterocycles. The van der Waals surface area contributed by atoms with Crippen molar-refractivity contribution in [2.45, 2.75) is 0 Å². The van der Waals surface area contributed by atoms with Crippen molar-refractivity contribution in [1.29, 1.82) is 5.26 Å². The lowest BCUT2D eigenvalue weighted by Crippen LogP contribution is -2.49. The highest BCUT2D eigenvalue weighted by atomic mass is 35.5. The van der Waals surface area contributed by atoms with Gasteiger partial charge in [-0.25, -0.2) is 4.98 Å². The average molecular weight is 377 g/mol. The lowest BCUT2D eigenvalue weighted by molar-refractivity contribution is 0.0746. The van der Waals surface area contributed by atoms with E-state index in [4.69, 9.17) is 16.6 Å². The van der Waals surface area contributed by atoms with E-state index >= 15 is 0 Å². The van der Waals surface area contributed by atoms with Crippen LogP contribution in [0.15, 0.2) is 54.6 Å². The van der Waals surface area contributed by atoms with Crippen LogP contribution < -0.4 is 4.90 Å². The molecule has 134 valence electrons. The van der Waals surface area contributed by atoms with E-state index in [-0.39, 0.29) is 5.91 Å². The van der Waals surface area contributed by atoms with Gasteiger partial charge in [0.25, 0.3) is 5.91 Å². The number of nitrogens with zero attached hydrogens (tertiary/aromatic N) is 4. The second-order valence-electron chi connectivity index (χ2n) is 6.45. The Kier molecular flexibility index (Phi) is 4.66. The third-order valence-electron chi connectivity index (χ3n) is 4.76.